The van der Waals surface area contributed by atoms with Crippen LogP contribution in [0.3, 0.4) is 0 Å². The van der Waals surface area contributed by atoms with E-state index in [0.717, 1.165) is 68.6 Å². The number of unbranched alkanes of at least 4 members (excludes halogenated alkanes) is 1. The number of para-hydroxylation sites is 1. The molecule has 1 aromatic heterocycles. The predicted molar refractivity (Wildman–Crippen MR) is 106 cm³/mol. The first-order chi connectivity index (χ1) is 12.1. The fraction of sp³-hybridized carbons (Fsp3) is 0.500. The largest absolute Gasteiger partial charge is 0.368 e. The molecule has 25 heavy (non-hydrogen) atoms. The van der Waals surface area contributed by atoms with E-state index in [4.69, 9.17) is 34.8 Å². The van der Waals surface area contributed by atoms with E-state index in [9.17, 15) is 0 Å². The van der Waals surface area contributed by atoms with Crippen molar-refractivity contribution in [1.29, 1.82) is 0 Å². The van der Waals surface area contributed by atoms with Gasteiger partial charge in [0.1, 0.15) is 11.0 Å². The van der Waals surface area contributed by atoms with Gasteiger partial charge in [-0.2, -0.15) is 0 Å². The minimum atomic E-state index is 0.398. The Kier molecular flexibility index (Phi) is 6.50. The first-order valence-corrected chi connectivity index (χ1v) is 9.79. The highest BCUT2D eigenvalue weighted by Gasteiger charge is 2.18. The second-order valence-electron chi connectivity index (χ2n) is 6.38. The third-order valence-corrected chi connectivity index (χ3v) is 5.79. The van der Waals surface area contributed by atoms with Crippen LogP contribution in [-0.2, 0) is 6.54 Å². The number of nitrogens with zero attached hydrogens (tertiary/aromatic N) is 4. The number of benzene rings is 1. The summed E-state index contributed by atoms with van der Waals surface area (Å²) in [4.78, 5) is 9.08. The third-order valence-electron chi connectivity index (χ3n) is 4.73. The molecule has 0 spiro atoms. The summed E-state index contributed by atoms with van der Waals surface area (Å²) in [6, 6.07) is 8.08. The minimum absolute atomic E-state index is 0.398. The van der Waals surface area contributed by atoms with Gasteiger partial charge < -0.3 is 9.47 Å². The maximum Gasteiger partial charge on any atom is 0.166 e. The van der Waals surface area contributed by atoms with Gasteiger partial charge in [-0.25, -0.2) is 4.98 Å². The zero-order valence-electron chi connectivity index (χ0n) is 14.4. The van der Waals surface area contributed by atoms with Crippen molar-refractivity contribution >= 4 is 40.5 Å². The maximum atomic E-state index is 6.30. The molecule has 0 atom stereocenters. The summed E-state index contributed by atoms with van der Waals surface area (Å²) in [6.07, 6.45) is 2.20. The van der Waals surface area contributed by atoms with E-state index in [0.29, 0.717) is 10.3 Å². The summed E-state index contributed by atoms with van der Waals surface area (Å²) >= 11 is 18.4. The average Bonchev–Trinajstić information content (AvgIpc) is 2.85. The Balaban J connectivity index is 1.40. The van der Waals surface area contributed by atoms with E-state index in [2.05, 4.69) is 20.9 Å². The van der Waals surface area contributed by atoms with Gasteiger partial charge in [0.15, 0.2) is 5.15 Å². The van der Waals surface area contributed by atoms with Gasteiger partial charge in [-0.1, -0.05) is 46.9 Å². The number of aromatic nitrogens is 2. The van der Waals surface area contributed by atoms with Gasteiger partial charge in [-0.15, -0.1) is 0 Å². The Morgan fingerprint density at radius 1 is 0.960 bits per heavy atom. The normalized spacial score (nSPS) is 15.8. The highest BCUT2D eigenvalue weighted by Crippen LogP contribution is 2.26. The van der Waals surface area contributed by atoms with Gasteiger partial charge >= 0.3 is 0 Å². The molecule has 1 aromatic carbocycles. The molecule has 1 saturated heterocycles. The topological polar surface area (TPSA) is 24.3 Å². The standard InChI is InChI=1S/C18H23Cl3N4/c1-14-22-17(20)18(21)25(14)9-5-4-8-23-10-12-24(13-11-23)16-7-3-2-6-15(16)19/h2-3,6-7H,4-5,8-13H2,1H3. The van der Waals surface area contributed by atoms with Gasteiger partial charge in [0, 0.05) is 32.7 Å². The SMILES string of the molecule is Cc1nc(Cl)c(Cl)n1CCCCN1CCN(c2ccccc2Cl)CC1. The summed E-state index contributed by atoms with van der Waals surface area (Å²) < 4.78 is 1.99. The number of imidazole rings is 1. The molecule has 7 heteroatoms. The summed E-state index contributed by atoms with van der Waals surface area (Å²) in [6.45, 7) is 8.09. The molecule has 0 N–H and O–H groups in total. The Morgan fingerprint density at radius 3 is 2.28 bits per heavy atom. The average molecular weight is 402 g/mol. The van der Waals surface area contributed by atoms with Crippen molar-refractivity contribution in [3.8, 4) is 0 Å². The fourth-order valence-corrected chi connectivity index (χ4v) is 4.02. The summed E-state index contributed by atoms with van der Waals surface area (Å²) in [5, 5.41) is 1.78. The van der Waals surface area contributed by atoms with Crippen molar-refractivity contribution in [3.63, 3.8) is 0 Å². The molecule has 1 aliphatic heterocycles. The van der Waals surface area contributed by atoms with Crippen LogP contribution in [0, 0.1) is 6.92 Å². The van der Waals surface area contributed by atoms with E-state index in [1.807, 2.05) is 29.7 Å². The number of hydrogen-bond acceptors (Lipinski definition) is 3. The molecule has 1 fully saturated rings. The molecule has 0 bridgehead atoms. The number of aryl methyl sites for hydroxylation is 1. The zero-order chi connectivity index (χ0) is 17.8. The van der Waals surface area contributed by atoms with Gasteiger partial charge in [-0.05, 0) is 38.4 Å². The smallest absolute Gasteiger partial charge is 0.166 e. The number of piperazine rings is 1. The molecule has 0 aliphatic carbocycles. The van der Waals surface area contributed by atoms with E-state index < -0.39 is 0 Å². The number of rotatable bonds is 6. The lowest BCUT2D eigenvalue weighted by atomic mass is 10.2. The quantitative estimate of drug-likeness (QED) is 0.653. The second-order valence-corrected chi connectivity index (χ2v) is 7.50. The van der Waals surface area contributed by atoms with Crippen molar-refractivity contribution in [1.82, 2.24) is 14.5 Å². The predicted octanol–water partition coefficient (Wildman–Crippen LogP) is 4.75. The third kappa shape index (κ3) is 4.62. The highest BCUT2D eigenvalue weighted by atomic mass is 35.5. The first-order valence-electron chi connectivity index (χ1n) is 8.66. The second kappa shape index (κ2) is 8.63. The van der Waals surface area contributed by atoms with E-state index in [-0.39, 0.29) is 0 Å². The molecule has 4 nitrogen and oxygen atoms in total. The van der Waals surface area contributed by atoms with Crippen molar-refractivity contribution in [2.45, 2.75) is 26.3 Å². The van der Waals surface area contributed by atoms with Crippen LogP contribution in [0.25, 0.3) is 0 Å². The molecule has 136 valence electrons. The maximum absolute atomic E-state index is 6.30. The highest BCUT2D eigenvalue weighted by molar-refractivity contribution is 6.40. The molecule has 3 rings (SSSR count). The molecule has 0 saturated carbocycles. The monoisotopic (exact) mass is 400 g/mol. The van der Waals surface area contributed by atoms with E-state index in [1.165, 1.54) is 0 Å². The minimum Gasteiger partial charge on any atom is -0.368 e. The van der Waals surface area contributed by atoms with Crippen molar-refractivity contribution in [2.24, 2.45) is 0 Å². The molecule has 1 aliphatic rings. The molecule has 0 unspecified atom stereocenters. The Morgan fingerprint density at radius 2 is 1.64 bits per heavy atom. The molecule has 2 aromatic rings. The number of halogens is 3. The Bertz CT molecular complexity index is 708. The van der Waals surface area contributed by atoms with Gasteiger partial charge in [0.25, 0.3) is 0 Å². The van der Waals surface area contributed by atoms with Gasteiger partial charge in [0.2, 0.25) is 0 Å². The molecular weight excluding hydrogens is 379 g/mol. The molecule has 0 amide bonds. The van der Waals surface area contributed by atoms with Crippen molar-refractivity contribution in [2.75, 3.05) is 37.6 Å². The zero-order valence-corrected chi connectivity index (χ0v) is 16.7. The van der Waals surface area contributed by atoms with Crippen LogP contribution in [-0.4, -0.2) is 47.2 Å². The van der Waals surface area contributed by atoms with Crippen molar-refractivity contribution in [3.05, 3.63) is 45.4 Å². The van der Waals surface area contributed by atoms with Crippen LogP contribution in [0.4, 0.5) is 5.69 Å². The molecular formula is C18H23Cl3N4. The Labute approximate surface area is 164 Å². The van der Waals surface area contributed by atoms with Crippen LogP contribution in [0.2, 0.25) is 15.3 Å². The molecule has 2 heterocycles. The van der Waals surface area contributed by atoms with E-state index in [1.54, 1.807) is 0 Å². The number of anilines is 1. The van der Waals surface area contributed by atoms with E-state index >= 15 is 0 Å². The van der Waals surface area contributed by atoms with Crippen LogP contribution in [0.1, 0.15) is 18.7 Å². The fourth-order valence-electron chi connectivity index (χ4n) is 3.29. The lowest BCUT2D eigenvalue weighted by Gasteiger charge is -2.36. The summed E-state index contributed by atoms with van der Waals surface area (Å²) in [5.41, 5.74) is 1.14. The van der Waals surface area contributed by atoms with Crippen molar-refractivity contribution < 1.29 is 0 Å². The summed E-state index contributed by atoms with van der Waals surface area (Å²) in [5.74, 6) is 0.878. The lowest BCUT2D eigenvalue weighted by molar-refractivity contribution is 0.251. The van der Waals surface area contributed by atoms with Gasteiger partial charge in [-0.3, -0.25) is 4.90 Å². The number of hydrogen-bond donors (Lipinski definition) is 0. The summed E-state index contributed by atoms with van der Waals surface area (Å²) in [7, 11) is 0. The molecule has 0 radical (unpaired) electrons. The van der Waals surface area contributed by atoms with Crippen LogP contribution in [0.5, 0.6) is 0 Å². The van der Waals surface area contributed by atoms with Gasteiger partial charge in [0.05, 0.1) is 10.7 Å². The Hall–Kier alpha value is -0.940. The van der Waals surface area contributed by atoms with Crippen LogP contribution < -0.4 is 4.90 Å². The lowest BCUT2D eigenvalue weighted by Crippen LogP contribution is -2.46. The van der Waals surface area contributed by atoms with Crippen LogP contribution >= 0.6 is 34.8 Å². The first kappa shape index (κ1) is 18.8. The van der Waals surface area contributed by atoms with Crippen LogP contribution in [0.15, 0.2) is 24.3 Å².